The van der Waals surface area contributed by atoms with Crippen LogP contribution in [-0.2, 0) is 9.59 Å². The summed E-state index contributed by atoms with van der Waals surface area (Å²) in [6.07, 6.45) is 4.88. The number of Topliss-reactive ketones (excluding diaryl/α,β-unsaturated/α-hetero) is 1. The van der Waals surface area contributed by atoms with Gasteiger partial charge in [0.25, 0.3) is 0 Å². The maximum atomic E-state index is 11.3. The van der Waals surface area contributed by atoms with E-state index in [9.17, 15) is 9.59 Å². The molecule has 0 saturated heterocycles. The van der Waals surface area contributed by atoms with Crippen molar-refractivity contribution < 1.29 is 9.59 Å². The maximum Gasteiger partial charge on any atom is 0.220 e. The van der Waals surface area contributed by atoms with E-state index < -0.39 is 0 Å². The lowest BCUT2D eigenvalue weighted by atomic mass is 9.94. The molecule has 0 heterocycles. The fraction of sp³-hybridized carbons (Fsp3) is 0.800. The lowest BCUT2D eigenvalue weighted by Gasteiger charge is -2.21. The Bertz CT molecular complexity index is 201. The van der Waals surface area contributed by atoms with Gasteiger partial charge in [-0.25, -0.2) is 0 Å². The second-order valence-electron chi connectivity index (χ2n) is 3.58. The summed E-state index contributed by atoms with van der Waals surface area (Å²) < 4.78 is 0. The van der Waals surface area contributed by atoms with Crippen LogP contribution < -0.4 is 5.32 Å². The van der Waals surface area contributed by atoms with E-state index in [2.05, 4.69) is 5.32 Å². The molecule has 1 N–H and O–H groups in total. The topological polar surface area (TPSA) is 46.2 Å². The van der Waals surface area contributed by atoms with Crippen molar-refractivity contribution in [1.29, 1.82) is 0 Å². The van der Waals surface area contributed by atoms with Gasteiger partial charge < -0.3 is 5.32 Å². The Balaban J connectivity index is 2.33. The molecule has 74 valence electrons. The summed E-state index contributed by atoms with van der Waals surface area (Å²) in [5.74, 6) is 0.221. The summed E-state index contributed by atoms with van der Waals surface area (Å²) in [5, 5.41) is 2.78. The Morgan fingerprint density at radius 2 is 2.31 bits per heavy atom. The number of ketones is 1. The molecule has 13 heavy (non-hydrogen) atoms. The molecule has 0 aromatic heterocycles. The average molecular weight is 183 g/mol. The minimum atomic E-state index is -0.187. The van der Waals surface area contributed by atoms with Crippen LogP contribution in [0.2, 0.25) is 0 Å². The molecule has 1 rings (SSSR count). The van der Waals surface area contributed by atoms with Crippen molar-refractivity contribution in [2.24, 2.45) is 0 Å². The molecule has 0 bridgehead atoms. The summed E-state index contributed by atoms with van der Waals surface area (Å²) >= 11 is 0. The van der Waals surface area contributed by atoms with Crippen LogP contribution in [0.5, 0.6) is 0 Å². The van der Waals surface area contributed by atoms with Crippen LogP contribution in [0.3, 0.4) is 0 Å². The van der Waals surface area contributed by atoms with Crippen molar-refractivity contribution in [1.82, 2.24) is 5.32 Å². The molecule has 1 amide bonds. The quantitative estimate of drug-likeness (QED) is 0.719. The van der Waals surface area contributed by atoms with Gasteiger partial charge in [-0.05, 0) is 19.3 Å². The summed E-state index contributed by atoms with van der Waals surface area (Å²) in [4.78, 5) is 22.5. The van der Waals surface area contributed by atoms with Gasteiger partial charge in [-0.15, -0.1) is 0 Å². The van der Waals surface area contributed by atoms with Crippen LogP contribution in [-0.4, -0.2) is 17.7 Å². The highest BCUT2D eigenvalue weighted by Gasteiger charge is 2.22. The van der Waals surface area contributed by atoms with Crippen molar-refractivity contribution in [3.8, 4) is 0 Å². The predicted molar refractivity (Wildman–Crippen MR) is 50.3 cm³/mol. The molecule has 0 spiro atoms. The Labute approximate surface area is 78.9 Å². The Hall–Kier alpha value is -0.860. The highest BCUT2D eigenvalue weighted by Crippen LogP contribution is 2.14. The van der Waals surface area contributed by atoms with Crippen molar-refractivity contribution in [3.05, 3.63) is 0 Å². The van der Waals surface area contributed by atoms with E-state index in [1.165, 1.54) is 0 Å². The monoisotopic (exact) mass is 183 g/mol. The Morgan fingerprint density at radius 1 is 1.54 bits per heavy atom. The molecule has 3 heteroatoms. The molecule has 0 unspecified atom stereocenters. The van der Waals surface area contributed by atoms with Crippen LogP contribution in [0.4, 0.5) is 0 Å². The van der Waals surface area contributed by atoms with Gasteiger partial charge in [0, 0.05) is 12.8 Å². The van der Waals surface area contributed by atoms with Crippen LogP contribution in [0, 0.1) is 0 Å². The first-order chi connectivity index (χ1) is 6.24. The van der Waals surface area contributed by atoms with E-state index in [1.807, 2.05) is 6.92 Å². The van der Waals surface area contributed by atoms with Crippen LogP contribution >= 0.6 is 0 Å². The van der Waals surface area contributed by atoms with E-state index in [4.69, 9.17) is 0 Å². The summed E-state index contributed by atoms with van der Waals surface area (Å²) in [5.41, 5.74) is 0. The number of carbonyl (C=O) groups is 2. The average Bonchev–Trinajstić information content (AvgIpc) is 2.09. The normalized spacial score (nSPS) is 22.8. The zero-order valence-corrected chi connectivity index (χ0v) is 8.14. The number of nitrogens with one attached hydrogen (secondary N) is 1. The first-order valence-corrected chi connectivity index (χ1v) is 5.06. The molecule has 1 aliphatic rings. The number of amides is 1. The molecular weight excluding hydrogens is 166 g/mol. The van der Waals surface area contributed by atoms with E-state index in [1.54, 1.807) is 0 Å². The van der Waals surface area contributed by atoms with Crippen molar-refractivity contribution in [2.75, 3.05) is 0 Å². The molecular formula is C10H17NO2. The van der Waals surface area contributed by atoms with Crippen molar-refractivity contribution >= 4 is 11.7 Å². The zero-order chi connectivity index (χ0) is 9.68. The van der Waals surface area contributed by atoms with E-state index in [0.29, 0.717) is 12.8 Å². The second kappa shape index (κ2) is 5.00. The largest absolute Gasteiger partial charge is 0.346 e. The third-order valence-corrected chi connectivity index (χ3v) is 2.37. The van der Waals surface area contributed by atoms with E-state index in [0.717, 1.165) is 25.7 Å². The van der Waals surface area contributed by atoms with Gasteiger partial charge in [-0.1, -0.05) is 13.3 Å². The highest BCUT2D eigenvalue weighted by atomic mass is 16.2. The second-order valence-corrected chi connectivity index (χ2v) is 3.58. The predicted octanol–water partition coefficient (Wildman–Crippen LogP) is 1.41. The zero-order valence-electron chi connectivity index (χ0n) is 8.14. The first-order valence-electron chi connectivity index (χ1n) is 5.06. The third-order valence-electron chi connectivity index (χ3n) is 2.37. The molecule has 0 aliphatic heterocycles. The van der Waals surface area contributed by atoms with Gasteiger partial charge in [0.2, 0.25) is 5.91 Å². The minimum absolute atomic E-state index is 0.0164. The van der Waals surface area contributed by atoms with Crippen LogP contribution in [0.15, 0.2) is 0 Å². The molecule has 0 aromatic carbocycles. The number of hydrogen-bond donors (Lipinski definition) is 1. The maximum absolute atomic E-state index is 11.3. The number of rotatable bonds is 3. The summed E-state index contributed by atoms with van der Waals surface area (Å²) in [6.45, 7) is 1.96. The van der Waals surface area contributed by atoms with Gasteiger partial charge >= 0.3 is 0 Å². The first kappa shape index (κ1) is 10.2. The van der Waals surface area contributed by atoms with Gasteiger partial charge in [0.1, 0.15) is 0 Å². The summed E-state index contributed by atoms with van der Waals surface area (Å²) in [7, 11) is 0. The molecule has 1 atom stereocenters. The highest BCUT2D eigenvalue weighted by molar-refractivity contribution is 5.89. The fourth-order valence-electron chi connectivity index (χ4n) is 1.63. The van der Waals surface area contributed by atoms with E-state index in [-0.39, 0.29) is 17.7 Å². The molecule has 0 aromatic rings. The number of hydrogen-bond acceptors (Lipinski definition) is 2. The SMILES string of the molecule is CCCC(=O)N[C@@H]1CCCCC1=O. The van der Waals surface area contributed by atoms with Gasteiger partial charge in [-0.2, -0.15) is 0 Å². The van der Waals surface area contributed by atoms with Gasteiger partial charge in [0.15, 0.2) is 5.78 Å². The van der Waals surface area contributed by atoms with E-state index >= 15 is 0 Å². The molecule has 1 saturated carbocycles. The van der Waals surface area contributed by atoms with Gasteiger partial charge in [0.05, 0.1) is 6.04 Å². The standard InChI is InChI=1S/C10H17NO2/c1-2-5-10(13)11-8-6-3-4-7-9(8)12/h8H,2-7H2,1H3,(H,11,13)/t8-/m1/s1. The third kappa shape index (κ3) is 3.17. The minimum Gasteiger partial charge on any atom is -0.346 e. The molecule has 0 radical (unpaired) electrons. The molecule has 1 fully saturated rings. The lowest BCUT2D eigenvalue weighted by molar-refractivity contribution is -0.128. The fourth-order valence-corrected chi connectivity index (χ4v) is 1.63. The van der Waals surface area contributed by atoms with Crippen molar-refractivity contribution in [2.45, 2.75) is 51.5 Å². The lowest BCUT2D eigenvalue weighted by Crippen LogP contribution is -2.42. The molecule has 1 aliphatic carbocycles. The smallest absolute Gasteiger partial charge is 0.220 e. The van der Waals surface area contributed by atoms with Crippen LogP contribution in [0.25, 0.3) is 0 Å². The summed E-state index contributed by atoms with van der Waals surface area (Å²) in [6, 6.07) is -0.187. The number of carbonyl (C=O) groups excluding carboxylic acids is 2. The molecule has 3 nitrogen and oxygen atoms in total. The van der Waals surface area contributed by atoms with Crippen molar-refractivity contribution in [3.63, 3.8) is 0 Å². The van der Waals surface area contributed by atoms with Gasteiger partial charge in [-0.3, -0.25) is 9.59 Å². The Kier molecular flexibility index (Phi) is 3.93. The van der Waals surface area contributed by atoms with Crippen LogP contribution in [0.1, 0.15) is 45.4 Å². The Morgan fingerprint density at radius 3 is 2.92 bits per heavy atom.